The number of halogens is 2. The van der Waals surface area contributed by atoms with Crippen molar-refractivity contribution < 1.29 is 0 Å². The molecule has 4 aromatic rings. The molecule has 0 amide bonds. The lowest BCUT2D eigenvalue weighted by Crippen LogP contribution is -2.25. The Labute approximate surface area is 315 Å². The number of fused-ring (bicyclic) bond motifs is 2. The Hall–Kier alpha value is -3.93. The smallest absolute Gasteiger partial charge is 0.0674 e. The van der Waals surface area contributed by atoms with E-state index in [1.54, 1.807) is 0 Å². The molecule has 3 nitrogen and oxygen atoms in total. The van der Waals surface area contributed by atoms with Gasteiger partial charge in [-0.2, -0.15) is 0 Å². The lowest BCUT2D eigenvalue weighted by atomic mass is 9.81. The van der Waals surface area contributed by atoms with Crippen LogP contribution in [0.25, 0.3) is 0 Å². The first kappa shape index (κ1) is 34.5. The van der Waals surface area contributed by atoms with E-state index in [0.29, 0.717) is 0 Å². The average molecular weight is 788 g/mol. The van der Waals surface area contributed by atoms with Crippen molar-refractivity contribution in [3.63, 3.8) is 0 Å². The maximum absolute atomic E-state index is 5.13. The number of aryl methyl sites for hydroxylation is 2. The average Bonchev–Trinajstić information content (AvgIpc) is 3.67. The van der Waals surface area contributed by atoms with Gasteiger partial charge < -0.3 is 9.80 Å². The fraction of sp³-hybridized carbons (Fsp3) is 0.267. The Balaban J connectivity index is 1.38. The fourth-order valence-electron chi connectivity index (χ4n) is 7.80. The minimum atomic E-state index is -0.164. The summed E-state index contributed by atoms with van der Waals surface area (Å²) in [5.74, 6) is 0. The van der Waals surface area contributed by atoms with Crippen molar-refractivity contribution in [2.75, 3.05) is 16.3 Å². The standard InChI is InChI=1S/C45H45Br2N3/c1-8-49-40-24-10-30(3)28-38(40)45(6,7)42(49)26-14-32-12-11-31(13-25-41-44(4,5)37-27-29(2)9-23-39(37)48-41)43(32)50(35-19-15-33(46)16-20-35)36-21-17-34(47)18-22-36/h9-10,13-28H,8,11-12H2,1-7H3/b25-13+,32-14+,42-26+. The molecule has 0 unspecified atom stereocenters. The molecule has 0 saturated heterocycles. The van der Waals surface area contributed by atoms with Crippen molar-refractivity contribution >= 4 is 60.3 Å². The Kier molecular flexibility index (Phi) is 9.19. The molecular weight excluding hydrogens is 742 g/mol. The molecule has 7 rings (SSSR count). The number of aliphatic imine (C=N–C) groups is 1. The zero-order chi connectivity index (χ0) is 35.4. The molecule has 0 bridgehead atoms. The van der Waals surface area contributed by atoms with Crippen LogP contribution in [0.3, 0.4) is 0 Å². The number of allylic oxidation sites excluding steroid dienone is 7. The highest BCUT2D eigenvalue weighted by molar-refractivity contribution is 9.10. The lowest BCUT2D eigenvalue weighted by molar-refractivity contribution is 0.633. The van der Waals surface area contributed by atoms with E-state index in [1.165, 1.54) is 50.5 Å². The predicted molar refractivity (Wildman–Crippen MR) is 221 cm³/mol. The maximum atomic E-state index is 5.13. The second-order valence-electron chi connectivity index (χ2n) is 14.8. The van der Waals surface area contributed by atoms with Crippen LogP contribution in [0.2, 0.25) is 0 Å². The third-order valence-electron chi connectivity index (χ3n) is 10.6. The third kappa shape index (κ3) is 6.17. The molecule has 254 valence electrons. The summed E-state index contributed by atoms with van der Waals surface area (Å²) < 4.78 is 2.12. The number of benzene rings is 4. The van der Waals surface area contributed by atoms with Gasteiger partial charge in [0.25, 0.3) is 0 Å². The summed E-state index contributed by atoms with van der Waals surface area (Å²) in [4.78, 5) is 10.1. The number of nitrogens with zero attached hydrogens (tertiary/aromatic N) is 3. The van der Waals surface area contributed by atoms with Gasteiger partial charge in [0, 0.05) is 49.1 Å². The van der Waals surface area contributed by atoms with Gasteiger partial charge in [0.2, 0.25) is 0 Å². The summed E-state index contributed by atoms with van der Waals surface area (Å²) in [5.41, 5.74) is 16.0. The minimum Gasteiger partial charge on any atom is -0.344 e. The minimum absolute atomic E-state index is 0.101. The van der Waals surface area contributed by atoms with Gasteiger partial charge in [-0.05, 0) is 129 Å². The second kappa shape index (κ2) is 13.3. The van der Waals surface area contributed by atoms with E-state index in [9.17, 15) is 0 Å². The molecule has 50 heavy (non-hydrogen) atoms. The summed E-state index contributed by atoms with van der Waals surface area (Å²) in [5, 5.41) is 0. The zero-order valence-electron chi connectivity index (χ0n) is 30.1. The van der Waals surface area contributed by atoms with Crippen LogP contribution in [0, 0.1) is 13.8 Å². The first-order valence-electron chi connectivity index (χ1n) is 17.6. The van der Waals surface area contributed by atoms with Crippen LogP contribution < -0.4 is 9.80 Å². The summed E-state index contributed by atoms with van der Waals surface area (Å²) in [7, 11) is 0. The van der Waals surface area contributed by atoms with Crippen molar-refractivity contribution in [2.45, 2.75) is 72.1 Å². The highest BCUT2D eigenvalue weighted by atomic mass is 79.9. The van der Waals surface area contributed by atoms with E-state index >= 15 is 0 Å². The summed E-state index contributed by atoms with van der Waals surface area (Å²) in [6, 6.07) is 30.9. The van der Waals surface area contributed by atoms with Crippen molar-refractivity contribution in [3.8, 4) is 0 Å². The van der Waals surface area contributed by atoms with E-state index in [0.717, 1.165) is 51.1 Å². The molecule has 0 radical (unpaired) electrons. The lowest BCUT2D eigenvalue weighted by Gasteiger charge is -2.29. The molecule has 0 aromatic heterocycles. The van der Waals surface area contributed by atoms with Gasteiger partial charge in [0.05, 0.1) is 17.1 Å². The number of hydrogen-bond acceptors (Lipinski definition) is 3. The van der Waals surface area contributed by atoms with Gasteiger partial charge in [-0.3, -0.25) is 4.99 Å². The Morgan fingerprint density at radius 2 is 1.32 bits per heavy atom. The summed E-state index contributed by atoms with van der Waals surface area (Å²) in [6.45, 7) is 16.9. The molecule has 0 fully saturated rings. The molecule has 3 aliphatic rings. The zero-order valence-corrected chi connectivity index (χ0v) is 33.3. The monoisotopic (exact) mass is 785 g/mol. The summed E-state index contributed by atoms with van der Waals surface area (Å²) >= 11 is 7.35. The van der Waals surface area contributed by atoms with Gasteiger partial charge in [-0.1, -0.05) is 107 Å². The highest BCUT2D eigenvalue weighted by Gasteiger charge is 2.39. The molecule has 0 saturated carbocycles. The van der Waals surface area contributed by atoms with E-state index in [4.69, 9.17) is 4.99 Å². The molecule has 1 aliphatic carbocycles. The Bertz CT molecular complexity index is 2080. The Morgan fingerprint density at radius 3 is 1.94 bits per heavy atom. The first-order valence-corrected chi connectivity index (χ1v) is 19.2. The van der Waals surface area contributed by atoms with Gasteiger partial charge >= 0.3 is 0 Å². The largest absolute Gasteiger partial charge is 0.344 e. The highest BCUT2D eigenvalue weighted by Crippen LogP contribution is 2.49. The van der Waals surface area contributed by atoms with Crippen LogP contribution in [-0.4, -0.2) is 12.3 Å². The van der Waals surface area contributed by atoms with Crippen LogP contribution in [-0.2, 0) is 10.8 Å². The molecular formula is C45H45Br2N3. The van der Waals surface area contributed by atoms with Crippen LogP contribution in [0.15, 0.2) is 146 Å². The number of likely N-dealkylation sites (N-methyl/N-ethyl adjacent to an activating group) is 1. The van der Waals surface area contributed by atoms with Crippen molar-refractivity contribution in [1.29, 1.82) is 0 Å². The van der Waals surface area contributed by atoms with Crippen LogP contribution in [0.4, 0.5) is 22.7 Å². The quantitative estimate of drug-likeness (QED) is 0.186. The predicted octanol–water partition coefficient (Wildman–Crippen LogP) is 13.3. The first-order chi connectivity index (χ1) is 23.9. The van der Waals surface area contributed by atoms with Crippen molar-refractivity contribution in [2.24, 2.45) is 4.99 Å². The van der Waals surface area contributed by atoms with Gasteiger partial charge in [-0.15, -0.1) is 0 Å². The van der Waals surface area contributed by atoms with E-state index < -0.39 is 0 Å². The number of hydrogen-bond donors (Lipinski definition) is 0. The molecule has 0 N–H and O–H groups in total. The summed E-state index contributed by atoms with van der Waals surface area (Å²) in [6.07, 6.45) is 11.3. The Morgan fingerprint density at radius 1 is 0.720 bits per heavy atom. The molecule has 4 aromatic carbocycles. The molecule has 5 heteroatoms. The SMILES string of the molecule is CCN1/C(=C/C=C2\CCC(/C=C/C3=Nc4ccc(C)cc4C3(C)C)=C2N(c2ccc(Br)cc2)c2ccc(Br)cc2)C(C)(C)c2cc(C)ccc21. The van der Waals surface area contributed by atoms with Crippen LogP contribution >= 0.6 is 31.9 Å². The van der Waals surface area contributed by atoms with Crippen molar-refractivity contribution in [3.05, 3.63) is 163 Å². The number of rotatable bonds is 7. The normalized spacial score (nSPS) is 19.1. The molecule has 0 atom stereocenters. The van der Waals surface area contributed by atoms with E-state index in [1.807, 2.05) is 0 Å². The molecule has 2 heterocycles. The topological polar surface area (TPSA) is 18.8 Å². The second-order valence-corrected chi connectivity index (χ2v) is 16.6. The van der Waals surface area contributed by atoms with Gasteiger partial charge in [0.15, 0.2) is 0 Å². The van der Waals surface area contributed by atoms with Crippen LogP contribution in [0.1, 0.15) is 69.7 Å². The molecule has 0 spiro atoms. The van der Waals surface area contributed by atoms with Gasteiger partial charge in [-0.25, -0.2) is 0 Å². The fourth-order valence-corrected chi connectivity index (χ4v) is 8.33. The number of anilines is 3. The van der Waals surface area contributed by atoms with Crippen LogP contribution in [0.5, 0.6) is 0 Å². The van der Waals surface area contributed by atoms with Crippen molar-refractivity contribution in [1.82, 2.24) is 0 Å². The van der Waals surface area contributed by atoms with E-state index in [-0.39, 0.29) is 10.8 Å². The maximum Gasteiger partial charge on any atom is 0.0674 e. The molecule has 2 aliphatic heterocycles. The van der Waals surface area contributed by atoms with Gasteiger partial charge in [0.1, 0.15) is 0 Å². The van der Waals surface area contributed by atoms with E-state index in [2.05, 4.69) is 199 Å². The third-order valence-corrected chi connectivity index (χ3v) is 11.7.